The molecule has 5 N–H and O–H groups in total. The van der Waals surface area contributed by atoms with E-state index in [1.54, 1.807) is 39.8 Å². The average Bonchev–Trinajstić information content (AvgIpc) is 2.90. The Balaban J connectivity index is 1.95. The van der Waals surface area contributed by atoms with Gasteiger partial charge in [-0.3, -0.25) is 19.2 Å². The molecule has 1 aromatic rings. The number of nitrogens with zero attached hydrogens (tertiary/aromatic N) is 2. The molecule has 0 spiro atoms. The summed E-state index contributed by atoms with van der Waals surface area (Å²) in [7, 11) is 7.21. The van der Waals surface area contributed by atoms with E-state index < -0.39 is 40.2 Å². The second-order valence-corrected chi connectivity index (χ2v) is 12.4. The Morgan fingerprint density at radius 2 is 1.77 bits per heavy atom. The molecule has 0 radical (unpaired) electrons. The first-order chi connectivity index (χ1) is 18.5. The second-order valence-electron chi connectivity index (χ2n) is 12.4. The minimum atomic E-state index is -1.65. The van der Waals surface area contributed by atoms with Gasteiger partial charge in [0.25, 0.3) is 5.91 Å². The van der Waals surface area contributed by atoms with Gasteiger partial charge >= 0.3 is 0 Å². The third-order valence-electron chi connectivity index (χ3n) is 9.21. The van der Waals surface area contributed by atoms with Gasteiger partial charge in [-0.15, -0.1) is 0 Å². The SMILES string of the molecule is CC1=C(C(N)=O)C(=O)C2(N)C(C)=C3C(=O)c4c(C)c(NC(=O)CN(C)C)cc(F)c4CC3(C)CCC2C1N(C)C. The molecule has 216 valence electrons. The van der Waals surface area contributed by atoms with Crippen molar-refractivity contribution in [2.45, 2.75) is 58.5 Å². The summed E-state index contributed by atoms with van der Waals surface area (Å²) in [5.74, 6) is -3.17. The Bertz CT molecular complexity index is 1410. The van der Waals surface area contributed by atoms with E-state index in [9.17, 15) is 19.2 Å². The minimum Gasteiger partial charge on any atom is -0.365 e. The van der Waals surface area contributed by atoms with Crippen LogP contribution in [0.3, 0.4) is 0 Å². The maximum absolute atomic E-state index is 15.6. The zero-order chi connectivity index (χ0) is 30.1. The fraction of sp³-hybridized carbons (Fsp3) is 0.533. The van der Waals surface area contributed by atoms with Crippen LogP contribution in [-0.2, 0) is 20.8 Å². The standard InChI is InChI=1S/C30H40FN5O4/c1-14-20(34-21(37)13-35(5)6)11-19(31)17-12-29(4)10-9-18-25(36(7)8)15(2)23(28(32)40)27(39)30(18,33)16(3)24(29)26(38)22(14)17/h11,18,25H,9-10,12-13,33H2,1-8H3,(H2,32,40)(H,34,37). The molecule has 40 heavy (non-hydrogen) atoms. The van der Waals surface area contributed by atoms with Crippen molar-refractivity contribution in [2.24, 2.45) is 22.8 Å². The maximum Gasteiger partial charge on any atom is 0.252 e. The van der Waals surface area contributed by atoms with E-state index in [-0.39, 0.29) is 41.7 Å². The van der Waals surface area contributed by atoms with Gasteiger partial charge in [0.05, 0.1) is 12.1 Å². The summed E-state index contributed by atoms with van der Waals surface area (Å²) in [6, 6.07) is 0.915. The Morgan fingerprint density at radius 3 is 2.33 bits per heavy atom. The van der Waals surface area contributed by atoms with E-state index in [4.69, 9.17) is 11.5 Å². The topological polar surface area (TPSA) is 139 Å². The monoisotopic (exact) mass is 553 g/mol. The molecule has 10 heteroatoms. The number of halogens is 1. The van der Waals surface area contributed by atoms with Crippen molar-refractivity contribution in [3.05, 3.63) is 50.9 Å². The number of carbonyl (C=O) groups excluding carboxylic acids is 4. The van der Waals surface area contributed by atoms with Crippen molar-refractivity contribution in [1.29, 1.82) is 0 Å². The first-order valence-corrected chi connectivity index (χ1v) is 13.5. The van der Waals surface area contributed by atoms with Crippen LogP contribution in [0.5, 0.6) is 0 Å². The number of fused-ring (bicyclic) bond motifs is 3. The van der Waals surface area contributed by atoms with E-state index in [1.165, 1.54) is 6.07 Å². The van der Waals surface area contributed by atoms with Gasteiger partial charge in [-0.1, -0.05) is 6.92 Å². The first-order valence-electron chi connectivity index (χ1n) is 13.5. The molecular formula is C30H40FN5O4. The van der Waals surface area contributed by atoms with E-state index >= 15 is 4.39 Å². The van der Waals surface area contributed by atoms with Crippen LogP contribution in [0.1, 0.15) is 55.1 Å². The Kier molecular flexibility index (Phi) is 7.45. The molecule has 0 aliphatic heterocycles. The van der Waals surface area contributed by atoms with E-state index in [0.717, 1.165) is 0 Å². The number of benzene rings is 1. The van der Waals surface area contributed by atoms with Crippen LogP contribution in [0.2, 0.25) is 0 Å². The highest BCUT2D eigenvalue weighted by molar-refractivity contribution is 6.25. The molecule has 4 unspecified atom stereocenters. The van der Waals surface area contributed by atoms with E-state index in [0.29, 0.717) is 40.7 Å². The van der Waals surface area contributed by atoms with Crippen LogP contribution in [0, 0.1) is 24.1 Å². The predicted molar refractivity (Wildman–Crippen MR) is 151 cm³/mol. The molecule has 0 bridgehead atoms. The smallest absolute Gasteiger partial charge is 0.252 e. The van der Waals surface area contributed by atoms with Crippen LogP contribution >= 0.6 is 0 Å². The number of rotatable bonds is 5. The number of anilines is 1. The summed E-state index contributed by atoms with van der Waals surface area (Å²) < 4.78 is 15.6. The van der Waals surface area contributed by atoms with Crippen LogP contribution < -0.4 is 16.8 Å². The highest BCUT2D eigenvalue weighted by Crippen LogP contribution is 2.54. The van der Waals surface area contributed by atoms with Crippen molar-refractivity contribution in [1.82, 2.24) is 9.80 Å². The molecule has 9 nitrogen and oxygen atoms in total. The maximum atomic E-state index is 15.6. The predicted octanol–water partition coefficient (Wildman–Crippen LogP) is 2.12. The average molecular weight is 554 g/mol. The Labute approximate surface area is 234 Å². The number of primary amides is 1. The Hall–Kier alpha value is -3.21. The molecule has 1 aromatic carbocycles. The summed E-state index contributed by atoms with van der Waals surface area (Å²) >= 11 is 0. The Morgan fingerprint density at radius 1 is 1.15 bits per heavy atom. The summed E-state index contributed by atoms with van der Waals surface area (Å²) in [4.78, 5) is 57.0. The largest absolute Gasteiger partial charge is 0.365 e. The minimum absolute atomic E-state index is 0.0930. The number of Topliss-reactive ketones (excluding diaryl/α,β-unsaturated/α-hetero) is 2. The molecular weight excluding hydrogens is 513 g/mol. The van der Waals surface area contributed by atoms with Gasteiger partial charge in [0.1, 0.15) is 11.4 Å². The van der Waals surface area contributed by atoms with Crippen molar-refractivity contribution >= 4 is 29.1 Å². The zero-order valence-corrected chi connectivity index (χ0v) is 24.6. The lowest BCUT2D eigenvalue weighted by Crippen LogP contribution is -2.65. The first kappa shape index (κ1) is 29.8. The number of allylic oxidation sites excluding steroid dienone is 1. The number of amides is 2. The van der Waals surface area contributed by atoms with Gasteiger partial charge < -0.3 is 26.6 Å². The molecule has 0 fully saturated rings. The normalized spacial score (nSPS) is 28.4. The molecule has 4 atom stereocenters. The van der Waals surface area contributed by atoms with Crippen molar-refractivity contribution in [3.63, 3.8) is 0 Å². The number of nitrogens with one attached hydrogen (secondary N) is 1. The molecule has 0 aromatic heterocycles. The quantitative estimate of drug-likeness (QED) is 0.475. The summed E-state index contributed by atoms with van der Waals surface area (Å²) in [5, 5.41) is 2.73. The van der Waals surface area contributed by atoms with Crippen LogP contribution in [0.25, 0.3) is 0 Å². The van der Waals surface area contributed by atoms with Gasteiger partial charge in [0.15, 0.2) is 11.6 Å². The van der Waals surface area contributed by atoms with Crippen LogP contribution in [0.4, 0.5) is 10.1 Å². The number of likely N-dealkylation sites (N-methyl/N-ethyl adjacent to an activating group) is 2. The molecule has 4 rings (SSSR count). The third-order valence-corrected chi connectivity index (χ3v) is 9.21. The van der Waals surface area contributed by atoms with Crippen LogP contribution in [-0.4, -0.2) is 79.5 Å². The summed E-state index contributed by atoms with van der Waals surface area (Å²) in [6.45, 7) is 7.11. The lowest BCUT2D eigenvalue weighted by atomic mass is 9.62. The van der Waals surface area contributed by atoms with Crippen molar-refractivity contribution in [3.8, 4) is 0 Å². The van der Waals surface area contributed by atoms with Gasteiger partial charge in [-0.05, 0) is 91.0 Å². The summed E-state index contributed by atoms with van der Waals surface area (Å²) in [5.41, 5.74) is 12.7. The highest BCUT2D eigenvalue weighted by Gasteiger charge is 2.59. The number of hydrogen-bond acceptors (Lipinski definition) is 7. The van der Waals surface area contributed by atoms with Crippen molar-refractivity contribution in [2.75, 3.05) is 40.1 Å². The highest BCUT2D eigenvalue weighted by atomic mass is 19.1. The zero-order valence-electron chi connectivity index (χ0n) is 24.6. The summed E-state index contributed by atoms with van der Waals surface area (Å²) in [6.07, 6.45) is 1.21. The third kappa shape index (κ3) is 4.33. The van der Waals surface area contributed by atoms with Gasteiger partial charge in [-0.2, -0.15) is 0 Å². The fourth-order valence-electron chi connectivity index (χ4n) is 7.42. The van der Waals surface area contributed by atoms with Crippen LogP contribution in [0.15, 0.2) is 28.4 Å². The lowest BCUT2D eigenvalue weighted by molar-refractivity contribution is -0.126. The van der Waals surface area contributed by atoms with Gasteiger partial charge in [0, 0.05) is 39.8 Å². The molecule has 0 saturated carbocycles. The lowest BCUT2D eigenvalue weighted by Gasteiger charge is -2.48. The van der Waals surface area contributed by atoms with E-state index in [1.807, 2.05) is 25.9 Å². The molecule has 2 amide bonds. The number of nitrogens with two attached hydrogens (primary N) is 2. The molecule has 3 aliphatic carbocycles. The van der Waals surface area contributed by atoms with Gasteiger partial charge in [-0.25, -0.2) is 4.39 Å². The fourth-order valence-corrected chi connectivity index (χ4v) is 7.42. The number of carbonyl (C=O) groups is 4. The molecule has 0 saturated heterocycles. The number of hydrogen-bond donors (Lipinski definition) is 3. The van der Waals surface area contributed by atoms with Gasteiger partial charge in [0.2, 0.25) is 5.91 Å². The van der Waals surface area contributed by atoms with Crippen molar-refractivity contribution < 1.29 is 23.6 Å². The molecule has 0 heterocycles. The molecule has 3 aliphatic rings. The number of ketones is 2. The second kappa shape index (κ2) is 10.0. The van der Waals surface area contributed by atoms with E-state index in [2.05, 4.69) is 5.32 Å².